The zero-order valence-electron chi connectivity index (χ0n) is 17.6. The molecule has 0 saturated carbocycles. The Morgan fingerprint density at radius 2 is 2.12 bits per heavy atom. The number of aromatic nitrogens is 1. The van der Waals surface area contributed by atoms with Crippen LogP contribution in [0.4, 0.5) is 23.7 Å². The molecule has 1 atom stereocenters. The summed E-state index contributed by atoms with van der Waals surface area (Å²) in [5.74, 6) is -0.279. The first-order valence-electron chi connectivity index (χ1n) is 9.93. The lowest BCUT2D eigenvalue weighted by molar-refractivity contribution is -0.141. The number of amides is 3. The van der Waals surface area contributed by atoms with Crippen LogP contribution in [-0.4, -0.2) is 36.2 Å². The summed E-state index contributed by atoms with van der Waals surface area (Å²) in [5.41, 5.74) is 6.68. The third kappa shape index (κ3) is 6.19. The molecule has 0 radical (unpaired) electrons. The highest BCUT2D eigenvalue weighted by molar-refractivity contribution is 9.10. The molecule has 3 amide bonds. The first-order chi connectivity index (χ1) is 15.6. The van der Waals surface area contributed by atoms with Crippen molar-refractivity contribution in [3.63, 3.8) is 0 Å². The van der Waals surface area contributed by atoms with Crippen molar-refractivity contribution in [1.29, 1.82) is 0 Å². The lowest BCUT2D eigenvalue weighted by Crippen LogP contribution is -2.46. The van der Waals surface area contributed by atoms with Gasteiger partial charge in [0.1, 0.15) is 11.7 Å². The second-order valence-corrected chi connectivity index (χ2v) is 8.32. The molecule has 1 aromatic carbocycles. The Kier molecular flexibility index (Phi) is 7.52. The van der Waals surface area contributed by atoms with E-state index in [-0.39, 0.29) is 18.0 Å². The highest BCUT2D eigenvalue weighted by Gasteiger charge is 2.32. The molecule has 1 aliphatic rings. The molecule has 0 saturated heterocycles. The fraction of sp³-hybridized carbons (Fsp3) is 0.273. The average molecular weight is 524 g/mol. The lowest BCUT2D eigenvalue weighted by Gasteiger charge is -2.21. The molecule has 0 bridgehead atoms. The number of alkyl halides is 3. The summed E-state index contributed by atoms with van der Waals surface area (Å²) in [4.78, 5) is 34.0. The van der Waals surface area contributed by atoms with Crippen molar-refractivity contribution in [2.24, 2.45) is 10.7 Å². The maximum atomic E-state index is 12.8. The number of rotatable bonds is 4. The van der Waals surface area contributed by atoms with E-state index in [9.17, 15) is 22.8 Å². The smallest absolute Gasteiger partial charge is 0.404 e. The molecule has 0 unspecified atom stereocenters. The Bertz CT molecular complexity index is 1120. The normalized spacial score (nSPS) is 17.1. The van der Waals surface area contributed by atoms with Crippen LogP contribution < -0.4 is 16.0 Å². The van der Waals surface area contributed by atoms with E-state index in [1.165, 1.54) is 17.0 Å². The summed E-state index contributed by atoms with van der Waals surface area (Å²) < 4.78 is 39.4. The Labute approximate surface area is 196 Å². The number of halogens is 4. The topological polar surface area (TPSA) is 101 Å². The largest absolute Gasteiger partial charge is 0.433 e. The standard InChI is InChI=1S/C22H21BrF3N5O2/c1-31-18-10-15(23)7-5-14(18)6-8-17(20(31)32)30-21(33)28-12-13(11-27)9-16-3-2-4-19(29-16)22(24,25)26/h2-5,7,10-12,17H,6,8-9,27H2,1H3,(H,30,33)/t17-/m1/s1. The maximum Gasteiger partial charge on any atom is 0.433 e. The first-order valence-corrected chi connectivity index (χ1v) is 10.7. The number of allylic oxidation sites excluding steroid dienone is 1. The average Bonchev–Trinajstić information content (AvgIpc) is 2.88. The molecule has 11 heteroatoms. The number of hydrogen-bond donors (Lipinski definition) is 2. The van der Waals surface area contributed by atoms with E-state index in [4.69, 9.17) is 5.73 Å². The molecule has 0 fully saturated rings. The Morgan fingerprint density at radius 3 is 2.82 bits per heavy atom. The van der Waals surface area contributed by atoms with Gasteiger partial charge in [0.2, 0.25) is 5.91 Å². The lowest BCUT2D eigenvalue weighted by atomic mass is 10.1. The predicted molar refractivity (Wildman–Crippen MR) is 122 cm³/mol. The number of nitrogens with two attached hydrogens (primary N) is 1. The van der Waals surface area contributed by atoms with Crippen LogP contribution in [0.5, 0.6) is 0 Å². The number of carbonyl (C=O) groups is 2. The number of anilines is 1. The first kappa shape index (κ1) is 24.4. The minimum atomic E-state index is -4.56. The van der Waals surface area contributed by atoms with Gasteiger partial charge in [0.05, 0.1) is 0 Å². The molecule has 1 aliphatic heterocycles. The van der Waals surface area contributed by atoms with Gasteiger partial charge in [0, 0.05) is 35.5 Å². The number of urea groups is 1. The fourth-order valence-corrected chi connectivity index (χ4v) is 3.74. The molecule has 3 N–H and O–H groups in total. The molecule has 174 valence electrons. The summed E-state index contributed by atoms with van der Waals surface area (Å²) in [7, 11) is 1.64. The van der Waals surface area contributed by atoms with Crippen LogP contribution in [0, 0.1) is 0 Å². The van der Waals surface area contributed by atoms with Gasteiger partial charge in [-0.1, -0.05) is 28.1 Å². The van der Waals surface area contributed by atoms with E-state index in [2.05, 4.69) is 31.2 Å². The quantitative estimate of drug-likeness (QED) is 0.591. The van der Waals surface area contributed by atoms with Gasteiger partial charge in [-0.05, 0) is 54.4 Å². The molecular formula is C22H21BrF3N5O2. The Balaban J connectivity index is 1.65. The number of carbonyl (C=O) groups excluding carboxylic acids is 2. The number of nitrogens with zero attached hydrogens (tertiary/aromatic N) is 3. The number of hydrogen-bond acceptors (Lipinski definition) is 4. The van der Waals surface area contributed by atoms with Crippen LogP contribution >= 0.6 is 15.9 Å². The van der Waals surface area contributed by atoms with Gasteiger partial charge in [-0.3, -0.25) is 4.79 Å². The monoisotopic (exact) mass is 523 g/mol. The van der Waals surface area contributed by atoms with Gasteiger partial charge in [-0.15, -0.1) is 0 Å². The fourth-order valence-electron chi connectivity index (χ4n) is 3.39. The van der Waals surface area contributed by atoms with E-state index in [0.29, 0.717) is 18.4 Å². The molecular weight excluding hydrogens is 503 g/mol. The van der Waals surface area contributed by atoms with Crippen molar-refractivity contribution in [1.82, 2.24) is 10.3 Å². The van der Waals surface area contributed by atoms with E-state index in [1.54, 1.807) is 7.05 Å². The van der Waals surface area contributed by atoms with E-state index in [0.717, 1.165) is 34.2 Å². The van der Waals surface area contributed by atoms with Crippen LogP contribution in [0.1, 0.15) is 23.4 Å². The molecule has 2 aromatic rings. The van der Waals surface area contributed by atoms with Crippen LogP contribution in [0.15, 0.2) is 57.6 Å². The second-order valence-electron chi connectivity index (χ2n) is 7.40. The molecule has 0 spiro atoms. The van der Waals surface area contributed by atoms with Crippen LogP contribution in [0.25, 0.3) is 0 Å². The van der Waals surface area contributed by atoms with Gasteiger partial charge in [-0.2, -0.15) is 13.2 Å². The van der Waals surface area contributed by atoms with E-state index < -0.39 is 23.9 Å². The Hall–Kier alpha value is -3.21. The summed E-state index contributed by atoms with van der Waals surface area (Å²) in [6.45, 7) is 0. The van der Waals surface area contributed by atoms with Crippen molar-refractivity contribution < 1.29 is 22.8 Å². The molecule has 2 heterocycles. The van der Waals surface area contributed by atoms with Crippen molar-refractivity contribution in [2.75, 3.05) is 11.9 Å². The predicted octanol–water partition coefficient (Wildman–Crippen LogP) is 4.01. The van der Waals surface area contributed by atoms with Crippen molar-refractivity contribution in [2.45, 2.75) is 31.5 Å². The van der Waals surface area contributed by atoms with Crippen molar-refractivity contribution >= 4 is 39.8 Å². The summed E-state index contributed by atoms with van der Waals surface area (Å²) >= 11 is 3.39. The molecule has 1 aromatic heterocycles. The highest BCUT2D eigenvalue weighted by Crippen LogP contribution is 2.29. The molecule has 3 rings (SSSR count). The summed E-state index contributed by atoms with van der Waals surface area (Å²) in [6.07, 6.45) is -1.35. The van der Waals surface area contributed by atoms with Gasteiger partial charge >= 0.3 is 12.2 Å². The number of benzene rings is 1. The van der Waals surface area contributed by atoms with Crippen LogP contribution in [-0.2, 0) is 23.8 Å². The number of pyridine rings is 1. The van der Waals surface area contributed by atoms with E-state index in [1.807, 2.05) is 18.2 Å². The number of fused-ring (bicyclic) bond motifs is 1. The van der Waals surface area contributed by atoms with Crippen LogP contribution in [0.2, 0.25) is 0 Å². The molecule has 7 nitrogen and oxygen atoms in total. The van der Waals surface area contributed by atoms with Gasteiger partial charge in [-0.25, -0.2) is 14.8 Å². The number of nitrogens with one attached hydrogen (secondary N) is 1. The Morgan fingerprint density at radius 1 is 1.36 bits per heavy atom. The van der Waals surface area contributed by atoms with Crippen molar-refractivity contribution in [3.05, 3.63) is 69.6 Å². The third-order valence-electron chi connectivity index (χ3n) is 5.08. The summed E-state index contributed by atoms with van der Waals surface area (Å²) in [6, 6.07) is 7.65. The zero-order chi connectivity index (χ0) is 24.2. The third-order valence-corrected chi connectivity index (χ3v) is 5.57. The minimum Gasteiger partial charge on any atom is -0.404 e. The van der Waals surface area contributed by atoms with Gasteiger partial charge < -0.3 is 16.0 Å². The molecule has 33 heavy (non-hydrogen) atoms. The number of likely N-dealkylation sites (N-methyl/N-ethyl adjacent to an activating group) is 1. The second kappa shape index (κ2) is 10.2. The van der Waals surface area contributed by atoms with Gasteiger partial charge in [0.25, 0.3) is 0 Å². The summed E-state index contributed by atoms with van der Waals surface area (Å²) in [5, 5.41) is 2.59. The maximum absolute atomic E-state index is 12.8. The van der Waals surface area contributed by atoms with Crippen molar-refractivity contribution in [3.8, 4) is 0 Å². The van der Waals surface area contributed by atoms with Gasteiger partial charge in [0.15, 0.2) is 0 Å². The highest BCUT2D eigenvalue weighted by atomic mass is 79.9. The SMILES string of the molecule is CN1C(=O)[C@H](NC(=O)N=CC(=CN)Cc2cccc(C(F)(F)F)n2)CCc2ccc(Br)cc21. The zero-order valence-corrected chi connectivity index (χ0v) is 19.2. The molecule has 0 aliphatic carbocycles. The van der Waals surface area contributed by atoms with E-state index >= 15 is 0 Å². The number of aliphatic imine (C=N–C) groups is 1. The minimum absolute atomic E-state index is 0.0491. The van der Waals surface area contributed by atoms with Crippen LogP contribution in [0.3, 0.4) is 0 Å². The number of aryl methyl sites for hydroxylation is 1.